The van der Waals surface area contributed by atoms with E-state index in [4.69, 9.17) is 4.74 Å². The third-order valence-electron chi connectivity index (χ3n) is 2.67. The van der Waals surface area contributed by atoms with E-state index in [1.54, 1.807) is 7.11 Å². The Labute approximate surface area is 69.3 Å². The van der Waals surface area contributed by atoms with E-state index in [0.29, 0.717) is 0 Å². The number of ether oxygens (including phenoxy) is 1. The van der Waals surface area contributed by atoms with Crippen LogP contribution in [0.4, 0.5) is 0 Å². The molecule has 2 atom stereocenters. The summed E-state index contributed by atoms with van der Waals surface area (Å²) in [5.74, 6) is 1.63. The molecule has 0 aromatic rings. The first kappa shape index (κ1) is 9.01. The average molecular weight is 157 g/mol. The lowest BCUT2D eigenvalue weighted by atomic mass is 9.90. The molecule has 0 bridgehead atoms. The molecule has 2 nitrogen and oxygen atoms in total. The maximum Gasteiger partial charge on any atom is 0.0493 e. The van der Waals surface area contributed by atoms with Crippen LogP contribution in [0.15, 0.2) is 0 Å². The molecule has 1 saturated heterocycles. The molecule has 66 valence electrons. The second-order valence-electron chi connectivity index (χ2n) is 3.38. The minimum Gasteiger partial charge on any atom is -0.384 e. The highest BCUT2D eigenvalue weighted by molar-refractivity contribution is 4.77. The first-order valence-corrected chi connectivity index (χ1v) is 4.58. The summed E-state index contributed by atoms with van der Waals surface area (Å²) < 4.78 is 5.18. The molecule has 1 fully saturated rings. The van der Waals surface area contributed by atoms with Crippen LogP contribution in [0.3, 0.4) is 0 Å². The van der Waals surface area contributed by atoms with Gasteiger partial charge < -0.3 is 10.1 Å². The van der Waals surface area contributed by atoms with Crippen LogP contribution < -0.4 is 5.32 Å². The number of hydrogen-bond donors (Lipinski definition) is 1. The van der Waals surface area contributed by atoms with Crippen LogP contribution >= 0.6 is 0 Å². The van der Waals surface area contributed by atoms with Gasteiger partial charge in [0.25, 0.3) is 0 Å². The number of methoxy groups -OCH3 is 1. The zero-order chi connectivity index (χ0) is 8.10. The van der Waals surface area contributed by atoms with E-state index in [-0.39, 0.29) is 0 Å². The van der Waals surface area contributed by atoms with Crippen molar-refractivity contribution in [2.45, 2.75) is 19.8 Å². The highest BCUT2D eigenvalue weighted by Crippen LogP contribution is 2.21. The van der Waals surface area contributed by atoms with Gasteiger partial charge in [-0.2, -0.15) is 0 Å². The van der Waals surface area contributed by atoms with E-state index in [0.717, 1.165) is 18.4 Å². The normalized spacial score (nSPS) is 27.3. The van der Waals surface area contributed by atoms with E-state index in [9.17, 15) is 0 Å². The first-order chi connectivity index (χ1) is 5.38. The Bertz CT molecular complexity index is 99.7. The third kappa shape index (κ3) is 2.46. The SMILES string of the molecule is CCC(COC)C1CCNC1. The number of nitrogens with one attached hydrogen (secondary N) is 1. The van der Waals surface area contributed by atoms with Gasteiger partial charge in [0.2, 0.25) is 0 Å². The quantitative estimate of drug-likeness (QED) is 0.663. The minimum atomic E-state index is 0.773. The van der Waals surface area contributed by atoms with Crippen molar-refractivity contribution in [3.8, 4) is 0 Å². The van der Waals surface area contributed by atoms with Crippen molar-refractivity contribution >= 4 is 0 Å². The van der Waals surface area contributed by atoms with E-state index in [1.165, 1.54) is 25.9 Å². The van der Waals surface area contributed by atoms with Gasteiger partial charge >= 0.3 is 0 Å². The molecule has 11 heavy (non-hydrogen) atoms. The molecule has 0 radical (unpaired) electrons. The van der Waals surface area contributed by atoms with Gasteiger partial charge in [-0.15, -0.1) is 0 Å². The van der Waals surface area contributed by atoms with E-state index in [1.807, 2.05) is 0 Å². The van der Waals surface area contributed by atoms with Crippen LogP contribution in [-0.2, 0) is 4.74 Å². The van der Waals surface area contributed by atoms with Gasteiger partial charge in [-0.1, -0.05) is 13.3 Å². The van der Waals surface area contributed by atoms with Crippen molar-refractivity contribution in [1.29, 1.82) is 0 Å². The molecule has 1 rings (SSSR count). The molecule has 0 amide bonds. The van der Waals surface area contributed by atoms with Gasteiger partial charge in [-0.3, -0.25) is 0 Å². The fourth-order valence-electron chi connectivity index (χ4n) is 1.88. The summed E-state index contributed by atoms with van der Waals surface area (Å²) in [6.45, 7) is 5.58. The summed E-state index contributed by atoms with van der Waals surface area (Å²) in [7, 11) is 1.80. The Morgan fingerprint density at radius 1 is 1.64 bits per heavy atom. The first-order valence-electron chi connectivity index (χ1n) is 4.58. The summed E-state index contributed by atoms with van der Waals surface area (Å²) in [6, 6.07) is 0. The van der Waals surface area contributed by atoms with Crippen LogP contribution in [0.2, 0.25) is 0 Å². The Balaban J connectivity index is 2.27. The zero-order valence-corrected chi connectivity index (χ0v) is 7.60. The molecule has 1 aliphatic rings. The van der Waals surface area contributed by atoms with Gasteiger partial charge in [0.1, 0.15) is 0 Å². The molecular formula is C9H19NO. The van der Waals surface area contributed by atoms with Gasteiger partial charge in [-0.05, 0) is 31.3 Å². The monoisotopic (exact) mass is 157 g/mol. The summed E-state index contributed by atoms with van der Waals surface area (Å²) in [6.07, 6.45) is 2.59. The molecule has 1 N–H and O–H groups in total. The zero-order valence-electron chi connectivity index (χ0n) is 7.60. The van der Waals surface area contributed by atoms with Crippen LogP contribution in [0.5, 0.6) is 0 Å². The lowest BCUT2D eigenvalue weighted by Gasteiger charge is -2.19. The Morgan fingerprint density at radius 3 is 2.91 bits per heavy atom. The number of hydrogen-bond acceptors (Lipinski definition) is 2. The average Bonchev–Trinajstić information content (AvgIpc) is 2.52. The molecular weight excluding hydrogens is 138 g/mol. The summed E-state index contributed by atoms with van der Waals surface area (Å²) >= 11 is 0. The van der Waals surface area contributed by atoms with E-state index >= 15 is 0 Å². The fourth-order valence-corrected chi connectivity index (χ4v) is 1.88. The number of rotatable bonds is 4. The molecule has 0 aliphatic carbocycles. The van der Waals surface area contributed by atoms with Gasteiger partial charge in [0.15, 0.2) is 0 Å². The lowest BCUT2D eigenvalue weighted by molar-refractivity contribution is 0.122. The Kier molecular flexibility index (Phi) is 3.87. The second-order valence-corrected chi connectivity index (χ2v) is 3.38. The molecule has 0 saturated carbocycles. The predicted octanol–water partition coefficient (Wildman–Crippen LogP) is 1.27. The summed E-state index contributed by atoms with van der Waals surface area (Å²) in [5, 5.41) is 3.39. The maximum atomic E-state index is 5.18. The summed E-state index contributed by atoms with van der Waals surface area (Å²) in [5.41, 5.74) is 0. The second kappa shape index (κ2) is 4.73. The van der Waals surface area contributed by atoms with E-state index < -0.39 is 0 Å². The Hall–Kier alpha value is -0.0800. The van der Waals surface area contributed by atoms with Gasteiger partial charge in [0, 0.05) is 13.7 Å². The van der Waals surface area contributed by atoms with Crippen molar-refractivity contribution in [3.05, 3.63) is 0 Å². The predicted molar refractivity (Wildman–Crippen MR) is 46.6 cm³/mol. The highest BCUT2D eigenvalue weighted by Gasteiger charge is 2.22. The summed E-state index contributed by atoms with van der Waals surface area (Å²) in [4.78, 5) is 0. The topological polar surface area (TPSA) is 21.3 Å². The molecule has 0 spiro atoms. The third-order valence-corrected chi connectivity index (χ3v) is 2.67. The van der Waals surface area contributed by atoms with Crippen molar-refractivity contribution in [2.75, 3.05) is 26.8 Å². The molecule has 2 unspecified atom stereocenters. The van der Waals surface area contributed by atoms with Crippen molar-refractivity contribution < 1.29 is 4.74 Å². The van der Waals surface area contributed by atoms with Crippen LogP contribution in [0, 0.1) is 11.8 Å². The van der Waals surface area contributed by atoms with Crippen molar-refractivity contribution in [2.24, 2.45) is 11.8 Å². The van der Waals surface area contributed by atoms with E-state index in [2.05, 4.69) is 12.2 Å². The minimum absolute atomic E-state index is 0.773. The molecule has 1 heterocycles. The van der Waals surface area contributed by atoms with Crippen LogP contribution in [0.25, 0.3) is 0 Å². The standard InChI is InChI=1S/C9H19NO/c1-3-8(7-11-2)9-4-5-10-6-9/h8-10H,3-7H2,1-2H3. The van der Waals surface area contributed by atoms with Gasteiger partial charge in [0.05, 0.1) is 0 Å². The van der Waals surface area contributed by atoms with Gasteiger partial charge in [-0.25, -0.2) is 0 Å². The maximum absolute atomic E-state index is 5.18. The highest BCUT2D eigenvalue weighted by atomic mass is 16.5. The molecule has 0 aromatic heterocycles. The van der Waals surface area contributed by atoms with Crippen molar-refractivity contribution in [1.82, 2.24) is 5.32 Å². The lowest BCUT2D eigenvalue weighted by Crippen LogP contribution is -2.21. The fraction of sp³-hybridized carbons (Fsp3) is 1.00. The van der Waals surface area contributed by atoms with Crippen LogP contribution in [-0.4, -0.2) is 26.8 Å². The molecule has 0 aromatic carbocycles. The molecule has 2 heteroatoms. The molecule has 1 aliphatic heterocycles. The Morgan fingerprint density at radius 2 is 2.45 bits per heavy atom. The largest absolute Gasteiger partial charge is 0.384 e. The van der Waals surface area contributed by atoms with Crippen LogP contribution in [0.1, 0.15) is 19.8 Å². The van der Waals surface area contributed by atoms with Crippen molar-refractivity contribution in [3.63, 3.8) is 0 Å². The smallest absolute Gasteiger partial charge is 0.0493 e.